The molecule has 0 fully saturated rings. The molecule has 0 aliphatic rings. The SMILES string of the molecule is COc1ccc(N)cc1OCCCOCC(F)(F)F. The fraction of sp³-hybridized carbons (Fsp3) is 0.500. The van der Waals surface area contributed by atoms with Crippen molar-refractivity contribution in [2.24, 2.45) is 0 Å². The van der Waals surface area contributed by atoms with Gasteiger partial charge in [0.1, 0.15) is 6.61 Å². The van der Waals surface area contributed by atoms with Gasteiger partial charge in [-0.1, -0.05) is 0 Å². The Morgan fingerprint density at radius 2 is 1.89 bits per heavy atom. The van der Waals surface area contributed by atoms with Gasteiger partial charge in [0.05, 0.1) is 20.3 Å². The van der Waals surface area contributed by atoms with E-state index in [1.165, 1.54) is 7.11 Å². The van der Waals surface area contributed by atoms with E-state index in [2.05, 4.69) is 4.74 Å². The first kappa shape index (κ1) is 15.4. The smallest absolute Gasteiger partial charge is 0.411 e. The molecule has 0 atom stereocenters. The molecule has 0 spiro atoms. The number of rotatable bonds is 7. The second-order valence-electron chi connectivity index (χ2n) is 3.78. The minimum absolute atomic E-state index is 0.0237. The molecule has 1 aromatic carbocycles. The molecule has 1 aromatic rings. The summed E-state index contributed by atoms with van der Waals surface area (Å²) in [5.41, 5.74) is 6.11. The largest absolute Gasteiger partial charge is 0.493 e. The number of anilines is 1. The first-order valence-corrected chi connectivity index (χ1v) is 5.63. The minimum Gasteiger partial charge on any atom is -0.493 e. The molecule has 0 bridgehead atoms. The lowest BCUT2D eigenvalue weighted by Gasteiger charge is -2.11. The van der Waals surface area contributed by atoms with E-state index in [0.29, 0.717) is 23.6 Å². The van der Waals surface area contributed by atoms with Crippen molar-refractivity contribution in [3.63, 3.8) is 0 Å². The van der Waals surface area contributed by atoms with Crippen molar-refractivity contribution in [3.8, 4) is 11.5 Å². The average molecular weight is 279 g/mol. The molecule has 0 heterocycles. The summed E-state index contributed by atoms with van der Waals surface area (Å²) >= 11 is 0. The summed E-state index contributed by atoms with van der Waals surface area (Å²) in [6.45, 7) is -1.05. The molecule has 4 nitrogen and oxygen atoms in total. The van der Waals surface area contributed by atoms with Crippen molar-refractivity contribution in [1.82, 2.24) is 0 Å². The highest BCUT2D eigenvalue weighted by atomic mass is 19.4. The first-order chi connectivity index (χ1) is 8.92. The van der Waals surface area contributed by atoms with Crippen molar-refractivity contribution in [2.75, 3.05) is 32.7 Å². The number of alkyl halides is 3. The summed E-state index contributed by atoms with van der Waals surface area (Å²) in [4.78, 5) is 0. The van der Waals surface area contributed by atoms with Crippen LogP contribution in [-0.4, -0.2) is 33.1 Å². The van der Waals surface area contributed by atoms with E-state index in [1.54, 1.807) is 18.2 Å². The second-order valence-corrected chi connectivity index (χ2v) is 3.78. The Balaban J connectivity index is 2.28. The maximum absolute atomic E-state index is 11.8. The number of ether oxygens (including phenoxy) is 3. The van der Waals surface area contributed by atoms with E-state index in [4.69, 9.17) is 15.2 Å². The van der Waals surface area contributed by atoms with Crippen LogP contribution in [0.5, 0.6) is 11.5 Å². The lowest BCUT2D eigenvalue weighted by Crippen LogP contribution is -2.18. The normalized spacial score (nSPS) is 11.4. The van der Waals surface area contributed by atoms with Crippen LogP contribution in [0.1, 0.15) is 6.42 Å². The predicted molar refractivity (Wildman–Crippen MR) is 64.4 cm³/mol. The minimum atomic E-state index is -4.29. The van der Waals surface area contributed by atoms with Crippen LogP contribution in [0.3, 0.4) is 0 Å². The van der Waals surface area contributed by atoms with Gasteiger partial charge in [-0.2, -0.15) is 13.2 Å². The lowest BCUT2D eigenvalue weighted by atomic mass is 10.3. The Morgan fingerprint density at radius 3 is 2.53 bits per heavy atom. The van der Waals surface area contributed by atoms with Crippen LogP contribution < -0.4 is 15.2 Å². The summed E-state index contributed by atoms with van der Waals surface area (Å²) in [6.07, 6.45) is -3.95. The van der Waals surface area contributed by atoms with Crippen LogP contribution in [0.15, 0.2) is 18.2 Å². The van der Waals surface area contributed by atoms with Crippen LogP contribution in [0, 0.1) is 0 Å². The Morgan fingerprint density at radius 1 is 1.16 bits per heavy atom. The predicted octanol–water partition coefficient (Wildman–Crippen LogP) is 2.63. The molecule has 0 aliphatic carbocycles. The highest BCUT2D eigenvalue weighted by Crippen LogP contribution is 2.29. The van der Waals surface area contributed by atoms with Crippen LogP contribution in [0.25, 0.3) is 0 Å². The van der Waals surface area contributed by atoms with Gasteiger partial charge in [-0.15, -0.1) is 0 Å². The zero-order valence-corrected chi connectivity index (χ0v) is 10.5. The average Bonchev–Trinajstić information content (AvgIpc) is 2.32. The monoisotopic (exact) mass is 279 g/mol. The van der Waals surface area contributed by atoms with E-state index in [1.807, 2.05) is 0 Å². The van der Waals surface area contributed by atoms with Crippen LogP contribution in [0.4, 0.5) is 18.9 Å². The first-order valence-electron chi connectivity index (χ1n) is 5.63. The highest BCUT2D eigenvalue weighted by Gasteiger charge is 2.27. The maximum atomic E-state index is 11.8. The summed E-state index contributed by atoms with van der Waals surface area (Å²) in [6, 6.07) is 4.92. The van der Waals surface area contributed by atoms with Gasteiger partial charge in [-0.25, -0.2) is 0 Å². The molecule has 1 rings (SSSR count). The molecule has 0 unspecified atom stereocenters. The number of methoxy groups -OCH3 is 1. The molecule has 108 valence electrons. The number of halogens is 3. The van der Waals surface area contributed by atoms with Crippen molar-refractivity contribution in [3.05, 3.63) is 18.2 Å². The van der Waals surface area contributed by atoms with E-state index < -0.39 is 12.8 Å². The maximum Gasteiger partial charge on any atom is 0.411 e. The molecule has 0 amide bonds. The Bertz CT molecular complexity index is 396. The molecule has 0 radical (unpaired) electrons. The molecule has 7 heteroatoms. The molecular formula is C12H16F3NO3. The Labute approximate surface area is 109 Å². The topological polar surface area (TPSA) is 53.7 Å². The van der Waals surface area contributed by atoms with Gasteiger partial charge in [-0.3, -0.25) is 0 Å². The van der Waals surface area contributed by atoms with Crippen molar-refractivity contribution >= 4 is 5.69 Å². The standard InChI is InChI=1S/C12H16F3NO3/c1-17-10-4-3-9(16)7-11(10)19-6-2-5-18-8-12(13,14)15/h3-4,7H,2,5-6,8,16H2,1H3. The number of hydrogen-bond donors (Lipinski definition) is 1. The van der Waals surface area contributed by atoms with Crippen LogP contribution in [-0.2, 0) is 4.74 Å². The Kier molecular flexibility index (Phi) is 5.75. The molecule has 19 heavy (non-hydrogen) atoms. The number of nitrogens with two attached hydrogens (primary N) is 1. The Hall–Kier alpha value is -1.63. The molecule has 0 aromatic heterocycles. The van der Waals surface area contributed by atoms with Gasteiger partial charge >= 0.3 is 6.18 Å². The third-order valence-corrected chi connectivity index (χ3v) is 2.14. The zero-order valence-electron chi connectivity index (χ0n) is 10.5. The fourth-order valence-electron chi connectivity index (χ4n) is 1.34. The van der Waals surface area contributed by atoms with E-state index in [0.717, 1.165) is 0 Å². The molecule has 2 N–H and O–H groups in total. The molecule has 0 saturated heterocycles. The third kappa shape index (κ3) is 6.19. The van der Waals surface area contributed by atoms with E-state index in [9.17, 15) is 13.2 Å². The fourth-order valence-corrected chi connectivity index (χ4v) is 1.34. The van der Waals surface area contributed by atoms with Crippen molar-refractivity contribution < 1.29 is 27.4 Å². The quantitative estimate of drug-likeness (QED) is 0.616. The van der Waals surface area contributed by atoms with Gasteiger partial charge in [0, 0.05) is 18.2 Å². The van der Waals surface area contributed by atoms with Gasteiger partial charge in [0.2, 0.25) is 0 Å². The number of nitrogen functional groups attached to an aromatic ring is 1. The van der Waals surface area contributed by atoms with Crippen LogP contribution >= 0.6 is 0 Å². The van der Waals surface area contributed by atoms with E-state index in [-0.39, 0.29) is 13.2 Å². The highest BCUT2D eigenvalue weighted by molar-refractivity contribution is 5.51. The lowest BCUT2D eigenvalue weighted by molar-refractivity contribution is -0.174. The summed E-state index contributed by atoms with van der Waals surface area (Å²) in [7, 11) is 1.49. The summed E-state index contributed by atoms with van der Waals surface area (Å²) in [5, 5.41) is 0. The van der Waals surface area contributed by atoms with Gasteiger partial charge in [0.15, 0.2) is 11.5 Å². The van der Waals surface area contributed by atoms with Gasteiger partial charge in [0.25, 0.3) is 0 Å². The summed E-state index contributed by atoms with van der Waals surface area (Å²) < 4.78 is 50.3. The molecular weight excluding hydrogens is 263 g/mol. The van der Waals surface area contributed by atoms with Crippen molar-refractivity contribution in [2.45, 2.75) is 12.6 Å². The summed E-state index contributed by atoms with van der Waals surface area (Å²) in [5.74, 6) is 0.976. The van der Waals surface area contributed by atoms with Crippen LogP contribution in [0.2, 0.25) is 0 Å². The zero-order chi connectivity index (χ0) is 14.3. The van der Waals surface area contributed by atoms with Gasteiger partial charge < -0.3 is 19.9 Å². The number of hydrogen-bond acceptors (Lipinski definition) is 4. The molecule has 0 saturated carbocycles. The number of benzene rings is 1. The van der Waals surface area contributed by atoms with Gasteiger partial charge in [-0.05, 0) is 12.1 Å². The third-order valence-electron chi connectivity index (χ3n) is 2.14. The van der Waals surface area contributed by atoms with E-state index >= 15 is 0 Å². The second kappa shape index (κ2) is 7.08. The molecule has 0 aliphatic heterocycles. The van der Waals surface area contributed by atoms with Crippen molar-refractivity contribution in [1.29, 1.82) is 0 Å².